The summed E-state index contributed by atoms with van der Waals surface area (Å²) in [5.41, 5.74) is 3.48. The van der Waals surface area contributed by atoms with Crippen molar-refractivity contribution in [1.82, 2.24) is 15.8 Å². The SMILES string of the molecule is CNCCC1CCC(NN(C)C)CC1. The molecule has 0 aromatic heterocycles. The van der Waals surface area contributed by atoms with Crippen LogP contribution in [0.2, 0.25) is 0 Å². The van der Waals surface area contributed by atoms with E-state index in [2.05, 4.69) is 29.8 Å². The van der Waals surface area contributed by atoms with E-state index in [9.17, 15) is 0 Å². The van der Waals surface area contributed by atoms with Crippen molar-refractivity contribution in [3.05, 3.63) is 0 Å². The first kappa shape index (κ1) is 12.0. The van der Waals surface area contributed by atoms with E-state index in [0.717, 1.165) is 12.0 Å². The lowest BCUT2D eigenvalue weighted by Crippen LogP contribution is -2.41. The first-order chi connectivity index (χ1) is 6.72. The van der Waals surface area contributed by atoms with Crippen LogP contribution in [-0.2, 0) is 0 Å². The Bertz CT molecular complexity index is 139. The van der Waals surface area contributed by atoms with Gasteiger partial charge in [-0.1, -0.05) is 0 Å². The Morgan fingerprint density at radius 3 is 2.29 bits per heavy atom. The fraction of sp³-hybridized carbons (Fsp3) is 1.00. The molecule has 1 fully saturated rings. The van der Waals surface area contributed by atoms with Gasteiger partial charge in [-0.05, 0) is 51.6 Å². The minimum atomic E-state index is 0.718. The molecule has 0 amide bonds. The average molecular weight is 199 g/mol. The molecule has 84 valence electrons. The van der Waals surface area contributed by atoms with Crippen molar-refractivity contribution in [3.8, 4) is 0 Å². The Hall–Kier alpha value is -0.120. The molecule has 3 nitrogen and oxygen atoms in total. The minimum Gasteiger partial charge on any atom is -0.320 e. The molecule has 3 heteroatoms. The summed E-state index contributed by atoms with van der Waals surface area (Å²) in [7, 11) is 6.19. The van der Waals surface area contributed by atoms with E-state index >= 15 is 0 Å². The Kier molecular flexibility index (Phi) is 5.45. The standard InChI is InChI=1S/C11H25N3/c1-12-9-8-10-4-6-11(7-5-10)13-14(2)3/h10-13H,4-9H2,1-3H3. The van der Waals surface area contributed by atoms with Gasteiger partial charge in [-0.3, -0.25) is 10.4 Å². The summed E-state index contributed by atoms with van der Waals surface area (Å²) in [6, 6.07) is 0.718. The highest BCUT2D eigenvalue weighted by Crippen LogP contribution is 2.26. The molecule has 1 aliphatic rings. The third-order valence-electron chi connectivity index (χ3n) is 3.09. The van der Waals surface area contributed by atoms with Gasteiger partial charge in [-0.15, -0.1) is 0 Å². The molecule has 0 atom stereocenters. The molecule has 0 bridgehead atoms. The Balaban J connectivity index is 2.11. The second kappa shape index (κ2) is 6.38. The molecular formula is C11H25N3. The largest absolute Gasteiger partial charge is 0.320 e. The maximum atomic E-state index is 3.48. The monoisotopic (exact) mass is 199 g/mol. The molecule has 0 aliphatic heterocycles. The van der Waals surface area contributed by atoms with E-state index in [-0.39, 0.29) is 0 Å². The van der Waals surface area contributed by atoms with Crippen molar-refractivity contribution in [2.45, 2.75) is 38.1 Å². The predicted molar refractivity (Wildman–Crippen MR) is 61.1 cm³/mol. The summed E-state index contributed by atoms with van der Waals surface area (Å²) in [5, 5.41) is 5.32. The average Bonchev–Trinajstić information content (AvgIpc) is 2.16. The second-order valence-corrected chi connectivity index (χ2v) is 4.63. The molecule has 14 heavy (non-hydrogen) atoms. The molecule has 1 aliphatic carbocycles. The van der Waals surface area contributed by atoms with E-state index in [1.807, 2.05) is 7.05 Å². The zero-order chi connectivity index (χ0) is 10.4. The van der Waals surface area contributed by atoms with Crippen LogP contribution >= 0.6 is 0 Å². The summed E-state index contributed by atoms with van der Waals surface area (Å²) < 4.78 is 0. The number of hydrazine groups is 1. The van der Waals surface area contributed by atoms with Crippen LogP contribution < -0.4 is 10.7 Å². The van der Waals surface area contributed by atoms with Gasteiger partial charge in [0.2, 0.25) is 0 Å². The van der Waals surface area contributed by atoms with Crippen LogP contribution in [0.5, 0.6) is 0 Å². The molecule has 2 N–H and O–H groups in total. The second-order valence-electron chi connectivity index (χ2n) is 4.63. The van der Waals surface area contributed by atoms with Crippen molar-refractivity contribution in [2.75, 3.05) is 27.7 Å². The molecule has 0 aromatic carbocycles. The van der Waals surface area contributed by atoms with E-state index in [4.69, 9.17) is 0 Å². The summed E-state index contributed by atoms with van der Waals surface area (Å²) >= 11 is 0. The first-order valence-electron chi connectivity index (χ1n) is 5.80. The van der Waals surface area contributed by atoms with E-state index < -0.39 is 0 Å². The van der Waals surface area contributed by atoms with Crippen LogP contribution in [0.3, 0.4) is 0 Å². The van der Waals surface area contributed by atoms with Gasteiger partial charge in [0.05, 0.1) is 0 Å². The number of nitrogens with zero attached hydrogens (tertiary/aromatic N) is 1. The summed E-state index contributed by atoms with van der Waals surface area (Å²) in [6.07, 6.45) is 6.82. The molecule has 0 unspecified atom stereocenters. The zero-order valence-electron chi connectivity index (χ0n) is 9.84. The highest BCUT2D eigenvalue weighted by Gasteiger charge is 2.20. The predicted octanol–water partition coefficient (Wildman–Crippen LogP) is 1.22. The Morgan fingerprint density at radius 1 is 1.14 bits per heavy atom. The van der Waals surface area contributed by atoms with Crippen LogP contribution in [0, 0.1) is 5.92 Å². The van der Waals surface area contributed by atoms with Crippen molar-refractivity contribution in [3.63, 3.8) is 0 Å². The Labute approximate surface area is 88.2 Å². The summed E-state index contributed by atoms with van der Waals surface area (Å²) in [5.74, 6) is 0.961. The fourth-order valence-electron chi connectivity index (χ4n) is 2.29. The van der Waals surface area contributed by atoms with E-state index in [0.29, 0.717) is 0 Å². The molecule has 0 spiro atoms. The first-order valence-corrected chi connectivity index (χ1v) is 5.80. The van der Waals surface area contributed by atoms with Crippen molar-refractivity contribution >= 4 is 0 Å². The Morgan fingerprint density at radius 2 is 1.79 bits per heavy atom. The quantitative estimate of drug-likeness (QED) is 0.652. The number of hydrogen-bond donors (Lipinski definition) is 2. The van der Waals surface area contributed by atoms with Gasteiger partial charge in [0.15, 0.2) is 0 Å². The van der Waals surface area contributed by atoms with Gasteiger partial charge >= 0.3 is 0 Å². The molecule has 0 saturated heterocycles. The van der Waals surface area contributed by atoms with Gasteiger partial charge in [0, 0.05) is 20.1 Å². The lowest BCUT2D eigenvalue weighted by Gasteiger charge is -2.31. The normalized spacial score (nSPS) is 28.3. The van der Waals surface area contributed by atoms with Gasteiger partial charge in [-0.25, -0.2) is 0 Å². The minimum absolute atomic E-state index is 0.718. The fourth-order valence-corrected chi connectivity index (χ4v) is 2.29. The lowest BCUT2D eigenvalue weighted by molar-refractivity contribution is 0.182. The molecule has 1 saturated carbocycles. The molecule has 0 heterocycles. The van der Waals surface area contributed by atoms with Crippen LogP contribution in [0.25, 0.3) is 0 Å². The van der Waals surface area contributed by atoms with Crippen molar-refractivity contribution in [2.24, 2.45) is 5.92 Å². The molecular weight excluding hydrogens is 174 g/mol. The number of hydrogen-bond acceptors (Lipinski definition) is 3. The maximum absolute atomic E-state index is 3.48. The van der Waals surface area contributed by atoms with E-state index in [1.165, 1.54) is 38.6 Å². The van der Waals surface area contributed by atoms with Crippen LogP contribution in [0.1, 0.15) is 32.1 Å². The molecule has 0 aromatic rings. The van der Waals surface area contributed by atoms with Crippen LogP contribution in [0.15, 0.2) is 0 Å². The van der Waals surface area contributed by atoms with Gasteiger partial charge in [-0.2, -0.15) is 0 Å². The topological polar surface area (TPSA) is 27.3 Å². The highest BCUT2D eigenvalue weighted by molar-refractivity contribution is 4.76. The van der Waals surface area contributed by atoms with Gasteiger partial charge in [0.1, 0.15) is 0 Å². The lowest BCUT2D eigenvalue weighted by atomic mass is 9.84. The molecule has 1 rings (SSSR count). The third kappa shape index (κ3) is 4.40. The van der Waals surface area contributed by atoms with Crippen LogP contribution in [0.4, 0.5) is 0 Å². The zero-order valence-corrected chi connectivity index (χ0v) is 9.84. The van der Waals surface area contributed by atoms with Crippen molar-refractivity contribution in [1.29, 1.82) is 0 Å². The van der Waals surface area contributed by atoms with Crippen molar-refractivity contribution < 1.29 is 0 Å². The van der Waals surface area contributed by atoms with Gasteiger partial charge in [0.25, 0.3) is 0 Å². The summed E-state index contributed by atoms with van der Waals surface area (Å²) in [6.45, 7) is 1.18. The smallest absolute Gasteiger partial charge is 0.0215 e. The van der Waals surface area contributed by atoms with Gasteiger partial charge < -0.3 is 5.32 Å². The van der Waals surface area contributed by atoms with E-state index in [1.54, 1.807) is 0 Å². The maximum Gasteiger partial charge on any atom is 0.0215 e. The number of nitrogens with one attached hydrogen (secondary N) is 2. The molecule has 0 radical (unpaired) electrons. The number of rotatable bonds is 5. The van der Waals surface area contributed by atoms with Crippen LogP contribution in [-0.4, -0.2) is 38.7 Å². The third-order valence-corrected chi connectivity index (χ3v) is 3.09. The summed E-state index contributed by atoms with van der Waals surface area (Å²) in [4.78, 5) is 0. The highest BCUT2D eigenvalue weighted by atomic mass is 15.5.